The third-order valence-electron chi connectivity index (χ3n) is 10.3. The number of piperazine rings is 1. The summed E-state index contributed by atoms with van der Waals surface area (Å²) >= 11 is 6.21. The zero-order chi connectivity index (χ0) is 41.5. The van der Waals surface area contributed by atoms with E-state index in [1.807, 2.05) is 36.4 Å². The van der Waals surface area contributed by atoms with Gasteiger partial charge in [-0.2, -0.15) is 5.26 Å². The number of amides is 1. The zero-order valence-corrected chi connectivity index (χ0v) is 33.9. The lowest BCUT2D eigenvalue weighted by Crippen LogP contribution is -2.47. The summed E-state index contributed by atoms with van der Waals surface area (Å²) in [5.41, 5.74) is 9.65. The smallest absolute Gasteiger partial charge is 0.293 e. The number of allylic oxidation sites excluding steroid dienone is 1. The lowest BCUT2D eigenvalue weighted by Gasteiger charge is -2.39. The molecule has 3 aromatic carbocycles. The molecule has 1 amide bonds. The van der Waals surface area contributed by atoms with Crippen molar-refractivity contribution in [3.05, 3.63) is 118 Å². The van der Waals surface area contributed by atoms with Gasteiger partial charge < -0.3 is 20.7 Å². The monoisotopic (exact) mass is 824 g/mol. The van der Waals surface area contributed by atoms with Gasteiger partial charge >= 0.3 is 0 Å². The number of pyridine rings is 1. The van der Waals surface area contributed by atoms with Gasteiger partial charge in [0.05, 0.1) is 28.5 Å². The van der Waals surface area contributed by atoms with Gasteiger partial charge in [0.2, 0.25) is 6.41 Å². The minimum Gasteiger partial charge on any atom is -0.456 e. The van der Waals surface area contributed by atoms with Gasteiger partial charge in [-0.15, -0.1) is 0 Å². The Morgan fingerprint density at radius 1 is 1.05 bits per heavy atom. The zero-order valence-electron chi connectivity index (χ0n) is 32.3. The van der Waals surface area contributed by atoms with Crippen LogP contribution < -0.4 is 20.7 Å². The van der Waals surface area contributed by atoms with Crippen LogP contribution in [0.4, 0.5) is 17.1 Å². The standard InChI is InChI=1S/C41H42ClN7O5S.CH3NO/c1-41(2)15-13-31(37(26-41)29-7-9-32(42)10-8-29)28-46-19-21-47(22-20-46)33-5-3-6-34(24-33)54-35-23-30-14-18-48(40(30)45-27-35)55(52,53)36-11-12-38(44-17-4-16-43)39(25-36)49(50)51;2-1-3/h3,5-12,14,18,23-25,27,44H,4,13,15,17,19-22,26,28H2,1-2H3;1H,(H2,2,3). The van der Waals surface area contributed by atoms with Crippen LogP contribution in [-0.4, -0.2) is 72.9 Å². The van der Waals surface area contributed by atoms with Crippen LogP contribution in [0.25, 0.3) is 16.6 Å². The number of carbonyl (C=O) groups is 1. The predicted octanol–water partition coefficient (Wildman–Crippen LogP) is 7.84. The first-order valence-corrected chi connectivity index (χ1v) is 20.6. The van der Waals surface area contributed by atoms with Crippen molar-refractivity contribution < 1.29 is 22.9 Å². The van der Waals surface area contributed by atoms with Crippen LogP contribution in [0.15, 0.2) is 102 Å². The number of nitriles is 1. The number of hydrogen-bond donors (Lipinski definition) is 2. The van der Waals surface area contributed by atoms with Crippen molar-refractivity contribution in [2.75, 3.05) is 49.5 Å². The maximum absolute atomic E-state index is 13.6. The number of benzene rings is 3. The molecule has 14 nitrogen and oxygen atoms in total. The number of fused-ring (bicyclic) bond motifs is 1. The summed E-state index contributed by atoms with van der Waals surface area (Å²) in [6.07, 6.45) is 6.57. The Balaban J connectivity index is 0.00000183. The van der Waals surface area contributed by atoms with Gasteiger partial charge in [0.15, 0.2) is 5.65 Å². The fraction of sp³-hybridized carbons (Fsp3) is 0.310. The fourth-order valence-electron chi connectivity index (χ4n) is 7.35. The van der Waals surface area contributed by atoms with E-state index in [2.05, 4.69) is 57.9 Å². The van der Waals surface area contributed by atoms with Gasteiger partial charge in [-0.05, 0) is 84.3 Å². The lowest BCUT2D eigenvalue weighted by molar-refractivity contribution is -0.384. The average molecular weight is 825 g/mol. The Bertz CT molecular complexity index is 2470. The number of anilines is 2. The molecule has 1 aliphatic carbocycles. The second-order valence-corrected chi connectivity index (χ2v) is 17.2. The van der Waals surface area contributed by atoms with Crippen LogP contribution in [0.1, 0.15) is 45.1 Å². The number of nitrogens with one attached hydrogen (secondary N) is 1. The molecule has 2 aliphatic rings. The SMILES string of the molecule is CC1(C)CCC(CN2CCN(c3cccc(Oc4cnc5c(ccn5S(=O)(=O)c5ccc(NCCC#N)c([N+](=O)[O-])c5)c4)c3)CC2)=C(c2ccc(Cl)cc2)C1.NC=O. The van der Waals surface area contributed by atoms with Crippen LogP contribution >= 0.6 is 11.6 Å². The first-order chi connectivity index (χ1) is 27.8. The summed E-state index contributed by atoms with van der Waals surface area (Å²) in [4.78, 5) is 28.7. The molecule has 0 bridgehead atoms. The Morgan fingerprint density at radius 2 is 1.79 bits per heavy atom. The largest absolute Gasteiger partial charge is 0.456 e. The van der Waals surface area contributed by atoms with Crippen molar-refractivity contribution >= 4 is 61.7 Å². The third kappa shape index (κ3) is 9.76. The number of rotatable bonds is 12. The molecule has 1 fully saturated rings. The van der Waals surface area contributed by atoms with Crippen LogP contribution in [0.5, 0.6) is 11.5 Å². The van der Waals surface area contributed by atoms with Crippen LogP contribution in [0.2, 0.25) is 5.02 Å². The molecule has 16 heteroatoms. The van der Waals surface area contributed by atoms with E-state index in [9.17, 15) is 18.5 Å². The number of primary amides is 1. The summed E-state index contributed by atoms with van der Waals surface area (Å²) in [6.45, 7) is 9.54. The van der Waals surface area contributed by atoms with E-state index in [4.69, 9.17) is 26.4 Å². The maximum Gasteiger partial charge on any atom is 0.293 e. The molecule has 0 atom stereocenters. The van der Waals surface area contributed by atoms with Crippen molar-refractivity contribution in [1.82, 2.24) is 13.9 Å². The van der Waals surface area contributed by atoms with Crippen molar-refractivity contribution in [3.8, 4) is 17.6 Å². The van der Waals surface area contributed by atoms with Gasteiger partial charge in [-0.3, -0.25) is 19.8 Å². The molecule has 3 heterocycles. The molecule has 7 rings (SSSR count). The third-order valence-corrected chi connectivity index (χ3v) is 12.2. The molecule has 2 aromatic heterocycles. The van der Waals surface area contributed by atoms with Crippen molar-refractivity contribution in [3.63, 3.8) is 0 Å². The quantitative estimate of drug-likeness (QED) is 0.0540. The van der Waals surface area contributed by atoms with E-state index >= 15 is 0 Å². The minimum absolute atomic E-state index is 0.129. The van der Waals surface area contributed by atoms with Crippen molar-refractivity contribution in [2.45, 2.75) is 44.4 Å². The number of carbonyl (C=O) groups excluding carboxylic acids is 1. The number of hydrogen-bond acceptors (Lipinski definition) is 11. The number of nitro benzene ring substituents is 1. The molecule has 3 N–H and O–H groups in total. The molecule has 1 saturated heterocycles. The highest BCUT2D eigenvalue weighted by atomic mass is 35.5. The molecular weight excluding hydrogens is 780 g/mol. The normalized spacial score (nSPS) is 15.6. The molecule has 302 valence electrons. The Kier molecular flexibility index (Phi) is 13.0. The van der Waals surface area contributed by atoms with E-state index in [1.165, 1.54) is 47.7 Å². The van der Waals surface area contributed by atoms with E-state index in [1.54, 1.807) is 12.1 Å². The van der Waals surface area contributed by atoms with Crippen molar-refractivity contribution in [1.29, 1.82) is 5.26 Å². The summed E-state index contributed by atoms with van der Waals surface area (Å²) in [6, 6.07) is 25.1. The highest BCUT2D eigenvalue weighted by molar-refractivity contribution is 7.90. The number of aromatic nitrogens is 2. The summed E-state index contributed by atoms with van der Waals surface area (Å²) in [5, 5.41) is 24.6. The number of nitrogens with zero attached hydrogens (tertiary/aromatic N) is 6. The molecule has 0 radical (unpaired) electrons. The number of halogens is 1. The van der Waals surface area contributed by atoms with Gasteiger partial charge in [0, 0.05) is 73.7 Å². The molecule has 58 heavy (non-hydrogen) atoms. The van der Waals surface area contributed by atoms with Gasteiger partial charge in [0.1, 0.15) is 17.2 Å². The highest BCUT2D eigenvalue weighted by Gasteiger charge is 2.30. The average Bonchev–Trinajstić information content (AvgIpc) is 3.64. The van der Waals surface area contributed by atoms with Crippen molar-refractivity contribution in [2.24, 2.45) is 11.1 Å². The second kappa shape index (κ2) is 18.1. The first-order valence-electron chi connectivity index (χ1n) is 18.8. The summed E-state index contributed by atoms with van der Waals surface area (Å²) in [7, 11) is -4.23. The molecule has 0 saturated carbocycles. The van der Waals surface area contributed by atoms with Crippen LogP contribution in [0, 0.1) is 26.9 Å². The Labute approximate surface area is 342 Å². The number of nitrogens with two attached hydrogens (primary N) is 1. The van der Waals surface area contributed by atoms with E-state index in [0.717, 1.165) is 66.3 Å². The molecule has 0 unspecified atom stereocenters. The summed E-state index contributed by atoms with van der Waals surface area (Å²) < 4.78 is 34.5. The van der Waals surface area contributed by atoms with Crippen LogP contribution in [0.3, 0.4) is 0 Å². The fourth-order valence-corrected chi connectivity index (χ4v) is 8.80. The van der Waals surface area contributed by atoms with Gasteiger partial charge in [-0.1, -0.05) is 49.2 Å². The maximum atomic E-state index is 13.6. The lowest BCUT2D eigenvalue weighted by atomic mass is 9.72. The van der Waals surface area contributed by atoms with Crippen LogP contribution in [-0.2, 0) is 14.8 Å². The molecular formula is C42H45ClN8O6S. The highest BCUT2D eigenvalue weighted by Crippen LogP contribution is 2.43. The molecule has 5 aromatic rings. The second-order valence-electron chi connectivity index (χ2n) is 14.9. The predicted molar refractivity (Wildman–Crippen MR) is 226 cm³/mol. The van der Waals surface area contributed by atoms with E-state index in [-0.39, 0.29) is 41.0 Å². The topological polar surface area (TPSA) is 190 Å². The Hall–Kier alpha value is -5.95. The van der Waals surface area contributed by atoms with Gasteiger partial charge in [-0.25, -0.2) is 17.4 Å². The molecule has 0 spiro atoms. The Morgan fingerprint density at radius 3 is 2.50 bits per heavy atom. The number of nitro groups is 1. The summed E-state index contributed by atoms with van der Waals surface area (Å²) in [5.74, 6) is 1.07. The number of ether oxygens (including phenoxy) is 1. The first kappa shape index (κ1) is 41.7. The van der Waals surface area contributed by atoms with E-state index < -0.39 is 20.6 Å². The van der Waals surface area contributed by atoms with Gasteiger partial charge in [0.25, 0.3) is 15.7 Å². The minimum atomic E-state index is -4.23. The molecule has 1 aliphatic heterocycles. The van der Waals surface area contributed by atoms with E-state index in [0.29, 0.717) is 16.9 Å².